The number of aryl methyl sites for hydroxylation is 1. The maximum atomic E-state index is 11.4. The third kappa shape index (κ3) is 4.53. The lowest BCUT2D eigenvalue weighted by Crippen LogP contribution is -2.24. The third-order valence-corrected chi connectivity index (χ3v) is 3.40. The van der Waals surface area contributed by atoms with Crippen LogP contribution in [0.1, 0.15) is 37.3 Å². The van der Waals surface area contributed by atoms with Gasteiger partial charge in [-0.05, 0) is 32.3 Å². The number of carbonyl (C=O) groups is 1. The van der Waals surface area contributed by atoms with Gasteiger partial charge in [0.15, 0.2) is 0 Å². The highest BCUT2D eigenvalue weighted by Crippen LogP contribution is 2.25. The predicted octanol–water partition coefficient (Wildman–Crippen LogP) is 2.15. The fourth-order valence-electron chi connectivity index (χ4n) is 2.13. The van der Waals surface area contributed by atoms with Crippen LogP contribution in [-0.4, -0.2) is 25.1 Å². The molecule has 20 heavy (non-hydrogen) atoms. The Morgan fingerprint density at radius 3 is 2.90 bits per heavy atom. The average molecular weight is 276 g/mol. The van der Waals surface area contributed by atoms with Gasteiger partial charge in [-0.15, -0.1) is 0 Å². The summed E-state index contributed by atoms with van der Waals surface area (Å²) in [7, 11) is 0. The van der Waals surface area contributed by atoms with E-state index in [0.29, 0.717) is 25.6 Å². The molecule has 1 aliphatic rings. The number of hydrogen-bond acceptors (Lipinski definition) is 3. The van der Waals surface area contributed by atoms with Crippen molar-refractivity contribution in [1.29, 1.82) is 0 Å². The van der Waals surface area contributed by atoms with Gasteiger partial charge in [-0.1, -0.05) is 18.2 Å². The van der Waals surface area contributed by atoms with Crippen LogP contribution in [0, 0.1) is 6.92 Å². The first-order valence-corrected chi connectivity index (χ1v) is 7.42. The van der Waals surface area contributed by atoms with Crippen molar-refractivity contribution in [3.8, 4) is 5.75 Å². The van der Waals surface area contributed by atoms with Crippen molar-refractivity contribution in [2.75, 3.05) is 13.2 Å². The molecule has 0 spiro atoms. The van der Waals surface area contributed by atoms with Crippen LogP contribution in [0.15, 0.2) is 18.2 Å². The fourth-order valence-corrected chi connectivity index (χ4v) is 2.13. The van der Waals surface area contributed by atoms with E-state index >= 15 is 0 Å². The molecule has 0 saturated heterocycles. The minimum absolute atomic E-state index is 0.0405. The van der Waals surface area contributed by atoms with E-state index in [1.165, 1.54) is 18.4 Å². The molecule has 110 valence electrons. The molecule has 4 nitrogen and oxygen atoms in total. The van der Waals surface area contributed by atoms with Crippen LogP contribution < -0.4 is 15.4 Å². The Morgan fingerprint density at radius 2 is 2.20 bits per heavy atom. The highest BCUT2D eigenvalue weighted by Gasteiger charge is 2.20. The van der Waals surface area contributed by atoms with E-state index in [9.17, 15) is 4.79 Å². The van der Waals surface area contributed by atoms with E-state index in [1.807, 2.05) is 19.9 Å². The van der Waals surface area contributed by atoms with Gasteiger partial charge in [0, 0.05) is 24.7 Å². The molecule has 0 heterocycles. The summed E-state index contributed by atoms with van der Waals surface area (Å²) in [5, 5.41) is 6.28. The molecular weight excluding hydrogens is 252 g/mol. The number of carbonyl (C=O) groups excluding carboxylic acids is 1. The molecule has 1 fully saturated rings. The maximum Gasteiger partial charge on any atom is 0.223 e. The Morgan fingerprint density at radius 1 is 1.40 bits per heavy atom. The van der Waals surface area contributed by atoms with Gasteiger partial charge in [0.25, 0.3) is 0 Å². The molecule has 1 aliphatic carbocycles. The second-order valence-corrected chi connectivity index (χ2v) is 5.27. The highest BCUT2D eigenvalue weighted by molar-refractivity contribution is 5.75. The lowest BCUT2D eigenvalue weighted by molar-refractivity contribution is -0.121. The molecule has 0 aliphatic heterocycles. The Hall–Kier alpha value is -1.55. The summed E-state index contributed by atoms with van der Waals surface area (Å²) < 4.78 is 5.84. The Kier molecular flexibility index (Phi) is 5.41. The molecular formula is C16H24N2O2. The third-order valence-electron chi connectivity index (χ3n) is 3.40. The normalized spacial score (nSPS) is 14.1. The van der Waals surface area contributed by atoms with E-state index < -0.39 is 0 Å². The summed E-state index contributed by atoms with van der Waals surface area (Å²) in [6.45, 7) is 5.89. The Balaban J connectivity index is 1.88. The molecule has 1 aromatic carbocycles. The summed E-state index contributed by atoms with van der Waals surface area (Å²) >= 11 is 0. The van der Waals surface area contributed by atoms with E-state index in [1.54, 1.807) is 0 Å². The van der Waals surface area contributed by atoms with Crippen LogP contribution in [0.5, 0.6) is 5.75 Å². The van der Waals surface area contributed by atoms with Crippen molar-refractivity contribution in [1.82, 2.24) is 10.6 Å². The van der Waals surface area contributed by atoms with Crippen molar-refractivity contribution in [3.05, 3.63) is 29.3 Å². The first-order valence-electron chi connectivity index (χ1n) is 7.42. The molecule has 0 bridgehead atoms. The van der Waals surface area contributed by atoms with Gasteiger partial charge in [0.1, 0.15) is 5.75 Å². The topological polar surface area (TPSA) is 50.4 Å². The zero-order valence-corrected chi connectivity index (χ0v) is 12.4. The summed E-state index contributed by atoms with van der Waals surface area (Å²) in [6.07, 6.45) is 2.95. The van der Waals surface area contributed by atoms with E-state index in [4.69, 9.17) is 4.74 Å². The van der Waals surface area contributed by atoms with E-state index in [-0.39, 0.29) is 5.91 Å². The lowest BCUT2D eigenvalue weighted by atomic mass is 10.1. The smallest absolute Gasteiger partial charge is 0.223 e. The van der Waals surface area contributed by atoms with Gasteiger partial charge in [-0.2, -0.15) is 0 Å². The summed E-state index contributed by atoms with van der Waals surface area (Å²) in [4.78, 5) is 11.4. The first kappa shape index (κ1) is 14.9. The highest BCUT2D eigenvalue weighted by atomic mass is 16.5. The minimum atomic E-state index is 0.0405. The Bertz CT molecular complexity index is 456. The van der Waals surface area contributed by atoms with Gasteiger partial charge in [0.05, 0.1) is 13.0 Å². The van der Waals surface area contributed by atoms with Crippen LogP contribution >= 0.6 is 0 Å². The van der Waals surface area contributed by atoms with Gasteiger partial charge < -0.3 is 15.4 Å². The number of ether oxygens (including phenoxy) is 1. The zero-order valence-electron chi connectivity index (χ0n) is 12.4. The average Bonchev–Trinajstić information content (AvgIpc) is 3.23. The van der Waals surface area contributed by atoms with Crippen LogP contribution in [0.2, 0.25) is 0 Å². The molecule has 1 amide bonds. The van der Waals surface area contributed by atoms with Crippen LogP contribution in [0.3, 0.4) is 0 Å². The molecule has 0 aromatic heterocycles. The molecule has 4 heteroatoms. The number of rotatable bonds is 8. The second kappa shape index (κ2) is 7.29. The number of hydrogen-bond donors (Lipinski definition) is 2. The number of nitrogens with one attached hydrogen (secondary N) is 2. The molecule has 0 unspecified atom stereocenters. The first-order chi connectivity index (χ1) is 9.70. The van der Waals surface area contributed by atoms with E-state index in [2.05, 4.69) is 22.8 Å². The van der Waals surface area contributed by atoms with Gasteiger partial charge in [-0.3, -0.25) is 4.79 Å². The standard InChI is InChI=1S/C16H24N2O2/c1-3-17-15(19)9-10-20-16-12(2)5-4-6-13(16)11-18-14-7-8-14/h4-6,14,18H,3,7-11H2,1-2H3,(H,17,19). The SMILES string of the molecule is CCNC(=O)CCOc1c(C)cccc1CNC1CC1. The molecule has 2 rings (SSSR count). The van der Waals surface area contributed by atoms with Crippen LogP contribution in [-0.2, 0) is 11.3 Å². The van der Waals surface area contributed by atoms with Crippen molar-refractivity contribution in [2.24, 2.45) is 0 Å². The fraction of sp³-hybridized carbons (Fsp3) is 0.562. The van der Waals surface area contributed by atoms with Crippen LogP contribution in [0.25, 0.3) is 0 Å². The maximum absolute atomic E-state index is 11.4. The molecule has 2 N–H and O–H groups in total. The van der Waals surface area contributed by atoms with Crippen molar-refractivity contribution in [3.63, 3.8) is 0 Å². The quantitative estimate of drug-likeness (QED) is 0.765. The predicted molar refractivity (Wildman–Crippen MR) is 79.8 cm³/mol. The summed E-state index contributed by atoms with van der Waals surface area (Å²) in [5.74, 6) is 0.962. The number of para-hydroxylation sites is 1. The Labute approximate surface area is 120 Å². The van der Waals surface area contributed by atoms with Crippen molar-refractivity contribution < 1.29 is 9.53 Å². The molecule has 0 atom stereocenters. The monoisotopic (exact) mass is 276 g/mol. The van der Waals surface area contributed by atoms with Crippen LogP contribution in [0.4, 0.5) is 0 Å². The number of benzene rings is 1. The zero-order chi connectivity index (χ0) is 14.4. The largest absolute Gasteiger partial charge is 0.492 e. The van der Waals surface area contributed by atoms with Gasteiger partial charge >= 0.3 is 0 Å². The van der Waals surface area contributed by atoms with E-state index in [0.717, 1.165) is 17.9 Å². The summed E-state index contributed by atoms with van der Waals surface area (Å²) in [6, 6.07) is 6.86. The summed E-state index contributed by atoms with van der Waals surface area (Å²) in [5.41, 5.74) is 2.30. The number of amides is 1. The molecule has 1 saturated carbocycles. The van der Waals surface area contributed by atoms with Crippen molar-refractivity contribution >= 4 is 5.91 Å². The molecule has 0 radical (unpaired) electrons. The molecule has 1 aromatic rings. The van der Waals surface area contributed by atoms with Gasteiger partial charge in [0.2, 0.25) is 5.91 Å². The van der Waals surface area contributed by atoms with Crippen molar-refractivity contribution in [2.45, 2.75) is 45.7 Å². The second-order valence-electron chi connectivity index (χ2n) is 5.27. The van der Waals surface area contributed by atoms with Gasteiger partial charge in [-0.25, -0.2) is 0 Å². The lowest BCUT2D eigenvalue weighted by Gasteiger charge is -2.14. The minimum Gasteiger partial charge on any atom is -0.492 e.